The largest absolute Gasteiger partial charge is 0.437 e. The van der Waals surface area contributed by atoms with Crippen LogP contribution in [0.15, 0.2) is 24.3 Å². The first kappa shape index (κ1) is 18.0. The Morgan fingerprint density at radius 1 is 1.22 bits per heavy atom. The van der Waals surface area contributed by atoms with Gasteiger partial charge in [0.05, 0.1) is 6.10 Å². The summed E-state index contributed by atoms with van der Waals surface area (Å²) in [6.45, 7) is 0. The highest BCUT2D eigenvalue weighted by Gasteiger charge is 2.50. The Balaban J connectivity index is 2.09. The van der Waals surface area contributed by atoms with E-state index < -0.39 is 18.0 Å². The minimum Gasteiger partial charge on any atom is -0.437 e. The molecule has 0 bridgehead atoms. The summed E-state index contributed by atoms with van der Waals surface area (Å²) in [5.74, 6) is -1.00. The number of hydrogen-bond acceptors (Lipinski definition) is 5. The standard InChI is InChI=1S/C16H22ClNO5/c1-20-13-5-4-10-16(21-2,22-3)14(13)23-15(19)18-12-8-6-11(17)7-9-12/h6-9,13-14H,4-5,10H2,1-3H3,(H,18,19). The number of amides is 1. The third-order valence-electron chi connectivity index (χ3n) is 4.10. The molecule has 1 aliphatic rings. The predicted molar refractivity (Wildman–Crippen MR) is 86.7 cm³/mol. The fourth-order valence-electron chi connectivity index (χ4n) is 2.85. The van der Waals surface area contributed by atoms with Gasteiger partial charge >= 0.3 is 6.09 Å². The maximum atomic E-state index is 12.2. The Labute approximate surface area is 141 Å². The predicted octanol–water partition coefficient (Wildman–Crippen LogP) is 3.45. The van der Waals surface area contributed by atoms with Gasteiger partial charge in [-0.25, -0.2) is 4.79 Å². The molecule has 128 valence electrons. The Hall–Kier alpha value is -1.34. The molecule has 1 fully saturated rings. The lowest BCUT2D eigenvalue weighted by Crippen LogP contribution is -2.57. The molecular weight excluding hydrogens is 322 g/mol. The molecule has 1 aromatic carbocycles. The molecule has 2 unspecified atom stereocenters. The summed E-state index contributed by atoms with van der Waals surface area (Å²) in [6.07, 6.45) is 0.699. The van der Waals surface area contributed by atoms with Crippen LogP contribution in [0, 0.1) is 0 Å². The number of carbonyl (C=O) groups is 1. The van der Waals surface area contributed by atoms with E-state index in [4.69, 9.17) is 30.5 Å². The van der Waals surface area contributed by atoms with E-state index in [1.165, 1.54) is 14.2 Å². The van der Waals surface area contributed by atoms with Crippen molar-refractivity contribution in [2.45, 2.75) is 37.3 Å². The molecule has 1 aliphatic carbocycles. The molecule has 23 heavy (non-hydrogen) atoms. The average Bonchev–Trinajstić information content (AvgIpc) is 2.57. The fraction of sp³-hybridized carbons (Fsp3) is 0.562. The summed E-state index contributed by atoms with van der Waals surface area (Å²) in [5, 5.41) is 3.25. The van der Waals surface area contributed by atoms with Crippen LogP contribution in [0.2, 0.25) is 5.02 Å². The van der Waals surface area contributed by atoms with Crippen LogP contribution in [0.5, 0.6) is 0 Å². The first-order valence-electron chi connectivity index (χ1n) is 7.41. The fourth-order valence-corrected chi connectivity index (χ4v) is 2.98. The Bertz CT molecular complexity index is 518. The summed E-state index contributed by atoms with van der Waals surface area (Å²) in [5.41, 5.74) is 0.588. The maximum Gasteiger partial charge on any atom is 0.412 e. The van der Waals surface area contributed by atoms with Crippen molar-refractivity contribution in [2.75, 3.05) is 26.6 Å². The molecule has 0 aliphatic heterocycles. The summed E-state index contributed by atoms with van der Waals surface area (Å²) in [7, 11) is 4.66. The zero-order valence-corrected chi connectivity index (χ0v) is 14.3. The summed E-state index contributed by atoms with van der Waals surface area (Å²) >= 11 is 5.82. The lowest BCUT2D eigenvalue weighted by Gasteiger charge is -2.44. The molecule has 1 saturated carbocycles. The molecule has 1 aromatic rings. The van der Waals surface area contributed by atoms with Crippen molar-refractivity contribution >= 4 is 23.4 Å². The molecule has 1 amide bonds. The van der Waals surface area contributed by atoms with E-state index >= 15 is 0 Å². The minimum atomic E-state index is -1.00. The van der Waals surface area contributed by atoms with E-state index in [0.717, 1.165) is 12.8 Å². The van der Waals surface area contributed by atoms with Crippen LogP contribution >= 0.6 is 11.6 Å². The molecular formula is C16H22ClNO5. The number of nitrogens with one attached hydrogen (secondary N) is 1. The molecule has 2 atom stereocenters. The van der Waals surface area contributed by atoms with Gasteiger partial charge in [0.25, 0.3) is 0 Å². The first-order valence-corrected chi connectivity index (χ1v) is 7.78. The first-order chi connectivity index (χ1) is 11.0. The summed E-state index contributed by atoms with van der Waals surface area (Å²) < 4.78 is 22.0. The highest BCUT2D eigenvalue weighted by atomic mass is 35.5. The lowest BCUT2D eigenvalue weighted by atomic mass is 9.88. The molecule has 0 saturated heterocycles. The zero-order valence-electron chi connectivity index (χ0n) is 13.5. The second kappa shape index (κ2) is 7.97. The van der Waals surface area contributed by atoms with E-state index in [2.05, 4.69) is 5.32 Å². The summed E-state index contributed by atoms with van der Waals surface area (Å²) in [4.78, 5) is 12.2. The number of benzene rings is 1. The van der Waals surface area contributed by atoms with Crippen LogP contribution in [-0.4, -0.2) is 45.4 Å². The van der Waals surface area contributed by atoms with Crippen molar-refractivity contribution in [3.05, 3.63) is 29.3 Å². The van der Waals surface area contributed by atoms with Gasteiger partial charge in [0.2, 0.25) is 5.79 Å². The molecule has 0 heterocycles. The monoisotopic (exact) mass is 343 g/mol. The van der Waals surface area contributed by atoms with Crippen molar-refractivity contribution in [1.82, 2.24) is 0 Å². The smallest absolute Gasteiger partial charge is 0.412 e. The van der Waals surface area contributed by atoms with Crippen LogP contribution in [0.3, 0.4) is 0 Å². The van der Waals surface area contributed by atoms with E-state index in [0.29, 0.717) is 17.1 Å². The van der Waals surface area contributed by atoms with Gasteiger partial charge in [-0.1, -0.05) is 11.6 Å². The highest BCUT2D eigenvalue weighted by Crippen LogP contribution is 2.36. The van der Waals surface area contributed by atoms with Gasteiger partial charge in [0, 0.05) is 38.5 Å². The van der Waals surface area contributed by atoms with Crippen molar-refractivity contribution in [2.24, 2.45) is 0 Å². The zero-order chi connectivity index (χ0) is 16.9. The molecule has 0 radical (unpaired) electrons. The van der Waals surface area contributed by atoms with Gasteiger partial charge < -0.3 is 18.9 Å². The quantitative estimate of drug-likeness (QED) is 0.829. The van der Waals surface area contributed by atoms with Crippen LogP contribution in [0.4, 0.5) is 10.5 Å². The topological polar surface area (TPSA) is 66.0 Å². The van der Waals surface area contributed by atoms with Crippen LogP contribution in [0.25, 0.3) is 0 Å². The number of halogens is 1. The second-order valence-electron chi connectivity index (χ2n) is 5.34. The van der Waals surface area contributed by atoms with Gasteiger partial charge in [0.1, 0.15) is 0 Å². The van der Waals surface area contributed by atoms with E-state index in [9.17, 15) is 4.79 Å². The van der Waals surface area contributed by atoms with Gasteiger partial charge in [-0.3, -0.25) is 5.32 Å². The third-order valence-corrected chi connectivity index (χ3v) is 4.36. The van der Waals surface area contributed by atoms with Crippen molar-refractivity contribution in [3.8, 4) is 0 Å². The molecule has 0 spiro atoms. The van der Waals surface area contributed by atoms with Crippen molar-refractivity contribution in [3.63, 3.8) is 0 Å². The average molecular weight is 344 g/mol. The SMILES string of the molecule is COC1CCCC(OC)(OC)C1OC(=O)Nc1ccc(Cl)cc1. The van der Waals surface area contributed by atoms with Gasteiger partial charge in [0.15, 0.2) is 6.10 Å². The molecule has 7 heteroatoms. The highest BCUT2D eigenvalue weighted by molar-refractivity contribution is 6.30. The van der Waals surface area contributed by atoms with Gasteiger partial charge in [-0.05, 0) is 37.1 Å². The Morgan fingerprint density at radius 3 is 2.43 bits per heavy atom. The van der Waals surface area contributed by atoms with E-state index in [1.807, 2.05) is 0 Å². The van der Waals surface area contributed by atoms with Gasteiger partial charge in [-0.15, -0.1) is 0 Å². The van der Waals surface area contributed by atoms with Crippen LogP contribution in [0.1, 0.15) is 19.3 Å². The van der Waals surface area contributed by atoms with Crippen molar-refractivity contribution in [1.29, 1.82) is 0 Å². The second-order valence-corrected chi connectivity index (χ2v) is 5.78. The number of hydrogen-bond donors (Lipinski definition) is 1. The van der Waals surface area contributed by atoms with E-state index in [1.54, 1.807) is 31.4 Å². The normalized spacial score (nSPS) is 23.3. The van der Waals surface area contributed by atoms with E-state index in [-0.39, 0.29) is 6.10 Å². The molecule has 6 nitrogen and oxygen atoms in total. The van der Waals surface area contributed by atoms with Crippen LogP contribution in [-0.2, 0) is 18.9 Å². The summed E-state index contributed by atoms with van der Waals surface area (Å²) in [6, 6.07) is 6.75. The Morgan fingerprint density at radius 2 is 1.87 bits per heavy atom. The molecule has 1 N–H and O–H groups in total. The van der Waals surface area contributed by atoms with Crippen LogP contribution < -0.4 is 5.32 Å². The molecule has 0 aromatic heterocycles. The maximum absolute atomic E-state index is 12.2. The van der Waals surface area contributed by atoms with Crippen molar-refractivity contribution < 1.29 is 23.7 Å². The minimum absolute atomic E-state index is 0.292. The number of rotatable bonds is 5. The number of carbonyl (C=O) groups excluding carboxylic acids is 1. The lowest BCUT2D eigenvalue weighted by molar-refractivity contribution is -0.292. The third kappa shape index (κ3) is 4.14. The number of anilines is 1. The number of ether oxygens (including phenoxy) is 4. The number of methoxy groups -OCH3 is 3. The Kier molecular flexibility index (Phi) is 6.24. The van der Waals surface area contributed by atoms with Gasteiger partial charge in [-0.2, -0.15) is 0 Å². The molecule has 2 rings (SSSR count).